The lowest BCUT2D eigenvalue weighted by molar-refractivity contribution is -0.144. The first-order valence-corrected chi connectivity index (χ1v) is 8.55. The van der Waals surface area contributed by atoms with Crippen molar-refractivity contribution >= 4 is 11.8 Å². The maximum Gasteiger partial charge on any atom is 0.308 e. The van der Waals surface area contributed by atoms with Gasteiger partial charge in [-0.2, -0.15) is 0 Å². The SMILES string of the molecule is COC(=O)CC1CN(c2ccc(-c3c(C)cc(C)cc3O)nn2)CCO1. The first-order valence-electron chi connectivity index (χ1n) is 8.55. The van der Waals surface area contributed by atoms with Crippen molar-refractivity contribution in [1.82, 2.24) is 10.2 Å². The predicted octanol–water partition coefficient (Wildman–Crippen LogP) is 2.23. The largest absolute Gasteiger partial charge is 0.507 e. The molecule has 7 heteroatoms. The smallest absolute Gasteiger partial charge is 0.308 e. The Hall–Kier alpha value is -2.67. The third kappa shape index (κ3) is 3.94. The van der Waals surface area contributed by atoms with E-state index in [1.807, 2.05) is 36.9 Å². The minimum atomic E-state index is -0.288. The van der Waals surface area contributed by atoms with Crippen molar-refractivity contribution in [3.8, 4) is 17.0 Å². The number of ether oxygens (including phenoxy) is 2. The van der Waals surface area contributed by atoms with Gasteiger partial charge in [0.25, 0.3) is 0 Å². The molecule has 1 aromatic carbocycles. The van der Waals surface area contributed by atoms with Crippen LogP contribution in [0.15, 0.2) is 24.3 Å². The Morgan fingerprint density at radius 3 is 2.81 bits per heavy atom. The molecule has 1 fully saturated rings. The van der Waals surface area contributed by atoms with Gasteiger partial charge in [-0.25, -0.2) is 0 Å². The summed E-state index contributed by atoms with van der Waals surface area (Å²) in [7, 11) is 1.37. The highest BCUT2D eigenvalue weighted by Crippen LogP contribution is 2.32. The summed E-state index contributed by atoms with van der Waals surface area (Å²) >= 11 is 0. The zero-order valence-corrected chi connectivity index (χ0v) is 15.2. The van der Waals surface area contributed by atoms with E-state index in [0.717, 1.165) is 16.9 Å². The van der Waals surface area contributed by atoms with Crippen LogP contribution in [0.4, 0.5) is 5.82 Å². The number of methoxy groups -OCH3 is 1. The first kappa shape index (κ1) is 18.1. The van der Waals surface area contributed by atoms with Gasteiger partial charge in [0, 0.05) is 18.7 Å². The van der Waals surface area contributed by atoms with E-state index < -0.39 is 0 Å². The second-order valence-electron chi connectivity index (χ2n) is 6.47. The summed E-state index contributed by atoms with van der Waals surface area (Å²) in [6.45, 7) is 5.63. The summed E-state index contributed by atoms with van der Waals surface area (Å²) < 4.78 is 10.3. The Morgan fingerprint density at radius 1 is 1.35 bits per heavy atom. The van der Waals surface area contributed by atoms with Crippen LogP contribution in [0.3, 0.4) is 0 Å². The van der Waals surface area contributed by atoms with E-state index in [2.05, 4.69) is 10.2 Å². The topological polar surface area (TPSA) is 84.8 Å². The van der Waals surface area contributed by atoms with Gasteiger partial charge in [0.1, 0.15) is 5.75 Å². The molecule has 2 heterocycles. The highest BCUT2D eigenvalue weighted by molar-refractivity contribution is 5.71. The molecule has 2 aromatic rings. The number of rotatable bonds is 4. The number of hydrogen-bond acceptors (Lipinski definition) is 7. The van der Waals surface area contributed by atoms with E-state index in [-0.39, 0.29) is 24.2 Å². The average molecular weight is 357 g/mol. The molecular weight excluding hydrogens is 334 g/mol. The number of phenolic OH excluding ortho intramolecular Hbond substituents is 1. The third-order valence-electron chi connectivity index (χ3n) is 4.45. The number of aromatic hydroxyl groups is 1. The molecule has 138 valence electrons. The number of aromatic nitrogens is 2. The molecule has 1 aliphatic heterocycles. The summed E-state index contributed by atoms with van der Waals surface area (Å²) in [5.74, 6) is 0.633. The number of hydrogen-bond donors (Lipinski definition) is 1. The van der Waals surface area contributed by atoms with Gasteiger partial charge in [-0.1, -0.05) is 6.07 Å². The van der Waals surface area contributed by atoms with Crippen LogP contribution in [0.2, 0.25) is 0 Å². The molecule has 1 N–H and O–H groups in total. The number of carbonyl (C=O) groups excluding carboxylic acids is 1. The summed E-state index contributed by atoms with van der Waals surface area (Å²) in [6, 6.07) is 7.45. The molecule has 0 amide bonds. The molecule has 1 unspecified atom stereocenters. The van der Waals surface area contributed by atoms with E-state index in [0.29, 0.717) is 31.0 Å². The van der Waals surface area contributed by atoms with Gasteiger partial charge in [-0.05, 0) is 43.2 Å². The van der Waals surface area contributed by atoms with E-state index in [1.54, 1.807) is 6.07 Å². The fourth-order valence-corrected chi connectivity index (χ4v) is 3.23. The Labute approximate surface area is 152 Å². The second kappa shape index (κ2) is 7.70. The lowest BCUT2D eigenvalue weighted by Crippen LogP contribution is -2.43. The highest BCUT2D eigenvalue weighted by atomic mass is 16.5. The van der Waals surface area contributed by atoms with Crippen molar-refractivity contribution < 1.29 is 19.4 Å². The normalized spacial score (nSPS) is 17.2. The molecule has 1 aliphatic rings. The predicted molar refractivity (Wildman–Crippen MR) is 97.2 cm³/mol. The fraction of sp³-hybridized carbons (Fsp3) is 0.421. The minimum Gasteiger partial charge on any atom is -0.507 e. The van der Waals surface area contributed by atoms with Gasteiger partial charge in [0.05, 0.1) is 31.9 Å². The lowest BCUT2D eigenvalue weighted by atomic mass is 10.0. The van der Waals surface area contributed by atoms with E-state index >= 15 is 0 Å². The number of esters is 1. The van der Waals surface area contributed by atoms with Gasteiger partial charge in [-0.15, -0.1) is 10.2 Å². The van der Waals surface area contributed by atoms with Gasteiger partial charge < -0.3 is 19.5 Å². The minimum absolute atomic E-state index is 0.203. The molecular formula is C19H23N3O4. The van der Waals surface area contributed by atoms with Crippen LogP contribution in [0, 0.1) is 13.8 Å². The second-order valence-corrected chi connectivity index (χ2v) is 6.47. The number of morpholine rings is 1. The number of phenols is 1. The van der Waals surface area contributed by atoms with Crippen molar-refractivity contribution in [3.63, 3.8) is 0 Å². The third-order valence-corrected chi connectivity index (χ3v) is 4.45. The average Bonchev–Trinajstić information content (AvgIpc) is 2.61. The molecule has 1 saturated heterocycles. The van der Waals surface area contributed by atoms with Crippen molar-refractivity contribution in [2.75, 3.05) is 31.7 Å². The van der Waals surface area contributed by atoms with Crippen molar-refractivity contribution in [3.05, 3.63) is 35.4 Å². The Balaban J connectivity index is 1.76. The molecule has 0 radical (unpaired) electrons. The van der Waals surface area contributed by atoms with Crippen LogP contribution < -0.4 is 4.90 Å². The van der Waals surface area contributed by atoms with Crippen LogP contribution in [0.25, 0.3) is 11.3 Å². The molecule has 0 spiro atoms. The van der Waals surface area contributed by atoms with Crippen molar-refractivity contribution in [1.29, 1.82) is 0 Å². The van der Waals surface area contributed by atoms with Crippen molar-refractivity contribution in [2.24, 2.45) is 0 Å². The molecule has 0 aliphatic carbocycles. The number of benzene rings is 1. The van der Waals surface area contributed by atoms with E-state index in [9.17, 15) is 9.90 Å². The summed E-state index contributed by atoms with van der Waals surface area (Å²) in [5.41, 5.74) is 3.27. The zero-order valence-electron chi connectivity index (χ0n) is 15.2. The lowest BCUT2D eigenvalue weighted by Gasteiger charge is -2.33. The van der Waals surface area contributed by atoms with E-state index in [4.69, 9.17) is 9.47 Å². The van der Waals surface area contributed by atoms with Gasteiger partial charge >= 0.3 is 5.97 Å². The fourth-order valence-electron chi connectivity index (χ4n) is 3.23. The Kier molecular flexibility index (Phi) is 5.37. The van der Waals surface area contributed by atoms with Crippen molar-refractivity contribution in [2.45, 2.75) is 26.4 Å². The molecule has 26 heavy (non-hydrogen) atoms. The maximum atomic E-state index is 11.4. The summed E-state index contributed by atoms with van der Waals surface area (Å²) in [6.07, 6.45) is -0.00403. The number of carbonyl (C=O) groups is 1. The number of anilines is 1. The standard InChI is InChI=1S/C19H23N3O4/c1-12-8-13(2)19(16(23)9-12)15-4-5-17(21-20-15)22-6-7-26-14(11-22)10-18(24)25-3/h4-5,8-9,14,23H,6-7,10-11H2,1-3H3. The molecule has 7 nitrogen and oxygen atoms in total. The zero-order chi connectivity index (χ0) is 18.7. The summed E-state index contributed by atoms with van der Waals surface area (Å²) in [5, 5.41) is 18.9. The molecule has 0 saturated carbocycles. The Bertz CT molecular complexity index is 769. The van der Waals surface area contributed by atoms with Crippen LogP contribution in [-0.4, -0.2) is 54.2 Å². The number of aryl methyl sites for hydroxylation is 2. The van der Waals surface area contributed by atoms with Crippen LogP contribution >= 0.6 is 0 Å². The molecule has 1 aromatic heterocycles. The maximum absolute atomic E-state index is 11.4. The molecule has 3 rings (SSSR count). The van der Waals surface area contributed by atoms with Gasteiger partial charge in [-0.3, -0.25) is 4.79 Å². The summed E-state index contributed by atoms with van der Waals surface area (Å²) in [4.78, 5) is 13.5. The number of nitrogens with zero attached hydrogens (tertiary/aromatic N) is 3. The van der Waals surface area contributed by atoms with Crippen LogP contribution in [-0.2, 0) is 14.3 Å². The first-order chi connectivity index (χ1) is 12.5. The van der Waals surface area contributed by atoms with Gasteiger partial charge in [0.2, 0.25) is 0 Å². The monoisotopic (exact) mass is 357 g/mol. The Morgan fingerprint density at radius 2 is 2.15 bits per heavy atom. The molecule has 0 bridgehead atoms. The highest BCUT2D eigenvalue weighted by Gasteiger charge is 2.24. The quantitative estimate of drug-likeness (QED) is 0.840. The van der Waals surface area contributed by atoms with Crippen LogP contribution in [0.1, 0.15) is 17.5 Å². The molecule has 1 atom stereocenters. The van der Waals surface area contributed by atoms with Gasteiger partial charge in [0.15, 0.2) is 5.82 Å². The van der Waals surface area contributed by atoms with Crippen LogP contribution in [0.5, 0.6) is 5.75 Å². The van der Waals surface area contributed by atoms with E-state index in [1.165, 1.54) is 7.11 Å².